The Labute approximate surface area is 95.9 Å². The second-order valence-corrected chi connectivity index (χ2v) is 5.63. The Morgan fingerprint density at radius 3 is 2.53 bits per heavy atom. The van der Waals surface area contributed by atoms with Gasteiger partial charge >= 0.3 is 0 Å². The zero-order chi connectivity index (χ0) is 10.7. The van der Waals surface area contributed by atoms with Crippen molar-refractivity contribution in [3.8, 4) is 0 Å². The molecule has 15 heavy (non-hydrogen) atoms. The Bertz CT molecular complexity index is 267. The van der Waals surface area contributed by atoms with Gasteiger partial charge in [0.05, 0.1) is 0 Å². The van der Waals surface area contributed by atoms with E-state index in [1.165, 1.54) is 31.4 Å². The van der Waals surface area contributed by atoms with Gasteiger partial charge in [-0.15, -0.1) is 0 Å². The van der Waals surface area contributed by atoms with Crippen LogP contribution in [0.2, 0.25) is 0 Å². The quantitative estimate of drug-likeness (QED) is 0.800. The van der Waals surface area contributed by atoms with E-state index in [0.29, 0.717) is 12.5 Å². The minimum atomic E-state index is 0.287. The largest absolute Gasteiger partial charge is 0.385 e. The summed E-state index contributed by atoms with van der Waals surface area (Å²) >= 11 is 1.99. The van der Waals surface area contributed by atoms with Crippen molar-refractivity contribution in [3.63, 3.8) is 0 Å². The van der Waals surface area contributed by atoms with E-state index >= 15 is 0 Å². The smallest absolute Gasteiger partial charge is 0.157 e. The Balaban J connectivity index is 1.77. The highest BCUT2D eigenvalue weighted by atomic mass is 32.2. The third kappa shape index (κ3) is 3.00. The van der Waals surface area contributed by atoms with Gasteiger partial charge < -0.3 is 5.32 Å². The highest BCUT2D eigenvalue weighted by Gasteiger charge is 2.22. The second-order valence-electron chi connectivity index (χ2n) is 4.49. The van der Waals surface area contributed by atoms with Gasteiger partial charge in [0.2, 0.25) is 0 Å². The van der Waals surface area contributed by atoms with Crippen LogP contribution in [-0.2, 0) is 4.79 Å². The molecule has 0 bridgehead atoms. The second kappa shape index (κ2) is 5.06. The van der Waals surface area contributed by atoms with Crippen LogP contribution in [0.1, 0.15) is 38.5 Å². The zero-order valence-corrected chi connectivity index (χ0v) is 10.1. The summed E-state index contributed by atoms with van der Waals surface area (Å²) in [5, 5.41) is 4.39. The summed E-state index contributed by atoms with van der Waals surface area (Å²) in [6.07, 6.45) is 10.8. The monoisotopic (exact) mass is 225 g/mol. The van der Waals surface area contributed by atoms with Crippen molar-refractivity contribution in [2.45, 2.75) is 49.8 Å². The summed E-state index contributed by atoms with van der Waals surface area (Å²) in [6, 6.07) is 0.616. The maximum atomic E-state index is 11.1. The number of carbonyl (C=O) groups excluding carboxylic acids is 1. The minimum absolute atomic E-state index is 0.287. The molecule has 0 amide bonds. The van der Waals surface area contributed by atoms with E-state index in [4.69, 9.17) is 0 Å². The maximum Gasteiger partial charge on any atom is 0.157 e. The normalized spacial score (nSPS) is 31.5. The van der Waals surface area contributed by atoms with Crippen LogP contribution in [0.4, 0.5) is 0 Å². The molecule has 2 rings (SSSR count). The average Bonchev–Trinajstić information content (AvgIpc) is 2.65. The van der Waals surface area contributed by atoms with E-state index in [0.717, 1.165) is 11.7 Å². The van der Waals surface area contributed by atoms with Crippen molar-refractivity contribution in [3.05, 3.63) is 11.8 Å². The summed E-state index contributed by atoms with van der Waals surface area (Å²) < 4.78 is 0. The standard InChI is InChI=1S/C12H19NOS/c1-15-12-6-3-9(4-7-12)13-10-2-5-11(14)8-10/h8-9,12-13H,2-7H2,1H3. The Morgan fingerprint density at radius 2 is 2.00 bits per heavy atom. The summed E-state index contributed by atoms with van der Waals surface area (Å²) in [6.45, 7) is 0. The van der Waals surface area contributed by atoms with Gasteiger partial charge in [0.15, 0.2) is 5.78 Å². The van der Waals surface area contributed by atoms with Crippen LogP contribution in [0.3, 0.4) is 0 Å². The average molecular weight is 225 g/mol. The van der Waals surface area contributed by atoms with Crippen LogP contribution < -0.4 is 5.32 Å². The van der Waals surface area contributed by atoms with E-state index in [1.54, 1.807) is 6.08 Å². The molecule has 0 heterocycles. The lowest BCUT2D eigenvalue weighted by Gasteiger charge is -2.29. The highest BCUT2D eigenvalue weighted by Crippen LogP contribution is 2.28. The molecule has 0 aliphatic heterocycles. The van der Waals surface area contributed by atoms with E-state index < -0.39 is 0 Å². The number of nitrogens with one attached hydrogen (secondary N) is 1. The first-order valence-electron chi connectivity index (χ1n) is 5.80. The van der Waals surface area contributed by atoms with Gasteiger partial charge in [-0.3, -0.25) is 4.79 Å². The molecule has 1 fully saturated rings. The third-order valence-corrected chi connectivity index (χ3v) is 4.51. The number of hydrogen-bond donors (Lipinski definition) is 1. The SMILES string of the molecule is CSC1CCC(NC2=CC(=O)CC2)CC1. The lowest BCUT2D eigenvalue weighted by molar-refractivity contribution is -0.114. The number of thioether (sulfide) groups is 1. The summed E-state index contributed by atoms with van der Waals surface area (Å²) in [4.78, 5) is 11.1. The van der Waals surface area contributed by atoms with Gasteiger partial charge in [-0.25, -0.2) is 0 Å². The zero-order valence-electron chi connectivity index (χ0n) is 9.29. The molecule has 3 heteroatoms. The number of allylic oxidation sites excluding steroid dienone is 2. The Hall–Kier alpha value is -0.440. The molecule has 0 saturated heterocycles. The van der Waals surface area contributed by atoms with E-state index in [9.17, 15) is 4.79 Å². The van der Waals surface area contributed by atoms with Crippen molar-refractivity contribution in [2.75, 3.05) is 6.26 Å². The van der Waals surface area contributed by atoms with Crippen LogP contribution >= 0.6 is 11.8 Å². The molecule has 0 atom stereocenters. The van der Waals surface area contributed by atoms with Crippen LogP contribution in [0.5, 0.6) is 0 Å². The number of ketones is 1. The first-order valence-corrected chi connectivity index (χ1v) is 7.09. The Kier molecular flexibility index (Phi) is 3.73. The first kappa shape index (κ1) is 11.1. The van der Waals surface area contributed by atoms with E-state index in [-0.39, 0.29) is 5.78 Å². The van der Waals surface area contributed by atoms with Crippen LogP contribution in [-0.4, -0.2) is 23.3 Å². The molecular formula is C12H19NOS. The van der Waals surface area contributed by atoms with Gasteiger partial charge in [-0.2, -0.15) is 11.8 Å². The molecule has 0 spiro atoms. The molecule has 1 N–H and O–H groups in total. The lowest BCUT2D eigenvalue weighted by atomic mass is 9.95. The van der Waals surface area contributed by atoms with E-state index in [1.807, 2.05) is 11.8 Å². The Morgan fingerprint density at radius 1 is 1.27 bits per heavy atom. The number of rotatable bonds is 3. The molecule has 2 aliphatic rings. The van der Waals surface area contributed by atoms with E-state index in [2.05, 4.69) is 11.6 Å². The summed E-state index contributed by atoms with van der Waals surface area (Å²) in [5.74, 6) is 0.287. The predicted octanol–water partition coefficient (Wildman–Crippen LogP) is 2.50. The maximum absolute atomic E-state index is 11.1. The summed E-state index contributed by atoms with van der Waals surface area (Å²) in [7, 11) is 0. The fourth-order valence-electron chi connectivity index (χ4n) is 2.42. The molecule has 0 aromatic heterocycles. The van der Waals surface area contributed by atoms with Crippen molar-refractivity contribution in [2.24, 2.45) is 0 Å². The fourth-order valence-corrected chi connectivity index (χ4v) is 3.16. The van der Waals surface area contributed by atoms with Crippen LogP contribution in [0, 0.1) is 0 Å². The van der Waals surface area contributed by atoms with Crippen molar-refractivity contribution in [1.29, 1.82) is 0 Å². The predicted molar refractivity (Wildman–Crippen MR) is 65.0 cm³/mol. The fraction of sp³-hybridized carbons (Fsp3) is 0.750. The van der Waals surface area contributed by atoms with Crippen LogP contribution in [0.15, 0.2) is 11.8 Å². The molecule has 2 aliphatic carbocycles. The van der Waals surface area contributed by atoms with Gasteiger partial charge in [-0.1, -0.05) is 0 Å². The molecule has 84 valence electrons. The van der Waals surface area contributed by atoms with Crippen molar-refractivity contribution in [1.82, 2.24) is 5.32 Å². The number of hydrogen-bond acceptors (Lipinski definition) is 3. The van der Waals surface area contributed by atoms with Crippen molar-refractivity contribution < 1.29 is 4.79 Å². The molecule has 1 saturated carbocycles. The first-order chi connectivity index (χ1) is 7.28. The van der Waals surface area contributed by atoms with Crippen molar-refractivity contribution >= 4 is 17.5 Å². The molecule has 0 aromatic rings. The van der Waals surface area contributed by atoms with Gasteiger partial charge in [0.1, 0.15) is 0 Å². The highest BCUT2D eigenvalue weighted by molar-refractivity contribution is 7.99. The molecular weight excluding hydrogens is 206 g/mol. The van der Waals surface area contributed by atoms with Gasteiger partial charge in [0.25, 0.3) is 0 Å². The minimum Gasteiger partial charge on any atom is -0.385 e. The molecule has 0 unspecified atom stereocenters. The summed E-state index contributed by atoms with van der Waals surface area (Å²) in [5.41, 5.74) is 1.17. The van der Waals surface area contributed by atoms with Gasteiger partial charge in [0, 0.05) is 29.5 Å². The van der Waals surface area contributed by atoms with Crippen LogP contribution in [0.25, 0.3) is 0 Å². The molecule has 2 nitrogen and oxygen atoms in total. The number of carbonyl (C=O) groups is 1. The topological polar surface area (TPSA) is 29.1 Å². The molecule has 0 aromatic carbocycles. The molecule has 0 radical (unpaired) electrons. The third-order valence-electron chi connectivity index (χ3n) is 3.37. The van der Waals surface area contributed by atoms with Gasteiger partial charge in [-0.05, 0) is 38.4 Å². The lowest BCUT2D eigenvalue weighted by Crippen LogP contribution is -2.32.